The molecular weight excluding hydrogens is 300 g/mol. The van der Waals surface area contributed by atoms with Crippen molar-refractivity contribution in [1.82, 2.24) is 15.1 Å². The smallest absolute Gasteiger partial charge is 0.410 e. The van der Waals surface area contributed by atoms with Crippen molar-refractivity contribution < 1.29 is 19.1 Å². The molecule has 0 aromatic carbocycles. The standard InChI is InChI=1S/C15H30N4O4/c1-15(2,3)23-14(21)19-7-6-18(12(9-16)10-19)11-13(20)17-5-8-22-4/h12H,5-11,16H2,1-4H3,(H,17,20). The van der Waals surface area contributed by atoms with E-state index in [1.165, 1.54) is 0 Å². The van der Waals surface area contributed by atoms with E-state index in [9.17, 15) is 9.59 Å². The van der Waals surface area contributed by atoms with Gasteiger partial charge < -0.3 is 25.4 Å². The normalized spacial score (nSPS) is 19.5. The Kier molecular flexibility index (Phi) is 7.74. The van der Waals surface area contributed by atoms with E-state index in [-0.39, 0.29) is 24.6 Å². The molecule has 0 bridgehead atoms. The van der Waals surface area contributed by atoms with Gasteiger partial charge in [0.25, 0.3) is 0 Å². The van der Waals surface area contributed by atoms with Crippen molar-refractivity contribution in [1.29, 1.82) is 0 Å². The van der Waals surface area contributed by atoms with Crippen LogP contribution in [0.4, 0.5) is 4.79 Å². The van der Waals surface area contributed by atoms with Crippen molar-refractivity contribution in [3.63, 3.8) is 0 Å². The number of nitrogens with two attached hydrogens (primary N) is 1. The van der Waals surface area contributed by atoms with Gasteiger partial charge in [0, 0.05) is 45.9 Å². The molecule has 0 aromatic rings. The summed E-state index contributed by atoms with van der Waals surface area (Å²) < 4.78 is 10.3. The summed E-state index contributed by atoms with van der Waals surface area (Å²) in [6.07, 6.45) is -0.333. The minimum absolute atomic E-state index is 0.0514. The highest BCUT2D eigenvalue weighted by atomic mass is 16.6. The van der Waals surface area contributed by atoms with E-state index in [2.05, 4.69) is 5.32 Å². The number of carbonyl (C=O) groups is 2. The number of carbonyl (C=O) groups excluding carboxylic acids is 2. The molecule has 0 spiro atoms. The molecule has 1 rings (SSSR count). The lowest BCUT2D eigenvalue weighted by atomic mass is 10.1. The van der Waals surface area contributed by atoms with Crippen molar-refractivity contribution in [3.05, 3.63) is 0 Å². The van der Waals surface area contributed by atoms with Crippen molar-refractivity contribution in [3.8, 4) is 0 Å². The fourth-order valence-electron chi connectivity index (χ4n) is 2.35. The summed E-state index contributed by atoms with van der Waals surface area (Å²) in [5.74, 6) is -0.0637. The first-order chi connectivity index (χ1) is 10.8. The van der Waals surface area contributed by atoms with Gasteiger partial charge in [-0.15, -0.1) is 0 Å². The molecule has 3 N–H and O–H groups in total. The Morgan fingerprint density at radius 1 is 1.30 bits per heavy atom. The number of piperazine rings is 1. The second-order valence-corrected chi connectivity index (χ2v) is 6.63. The Bertz CT molecular complexity index is 397. The SMILES string of the molecule is COCCNC(=O)CN1CCN(C(=O)OC(C)(C)C)CC1CN. The van der Waals surface area contributed by atoms with Crippen LogP contribution in [-0.4, -0.2) is 86.4 Å². The number of nitrogens with one attached hydrogen (secondary N) is 1. The molecule has 2 amide bonds. The van der Waals surface area contributed by atoms with E-state index in [1.54, 1.807) is 12.0 Å². The van der Waals surface area contributed by atoms with Gasteiger partial charge >= 0.3 is 6.09 Å². The molecule has 8 heteroatoms. The third kappa shape index (κ3) is 7.15. The second kappa shape index (κ2) is 9.05. The summed E-state index contributed by atoms with van der Waals surface area (Å²) in [6.45, 7) is 8.73. The summed E-state index contributed by atoms with van der Waals surface area (Å²) in [4.78, 5) is 27.7. The van der Waals surface area contributed by atoms with Crippen LogP contribution in [-0.2, 0) is 14.3 Å². The maximum Gasteiger partial charge on any atom is 0.410 e. The molecule has 1 unspecified atom stereocenters. The van der Waals surface area contributed by atoms with Crippen molar-refractivity contribution in [2.45, 2.75) is 32.4 Å². The van der Waals surface area contributed by atoms with Gasteiger partial charge in [0.15, 0.2) is 0 Å². The van der Waals surface area contributed by atoms with Crippen molar-refractivity contribution >= 4 is 12.0 Å². The molecule has 1 heterocycles. The molecule has 134 valence electrons. The highest BCUT2D eigenvalue weighted by Crippen LogP contribution is 2.14. The van der Waals surface area contributed by atoms with Gasteiger partial charge in [0.1, 0.15) is 5.60 Å². The van der Waals surface area contributed by atoms with Crippen LogP contribution in [0, 0.1) is 0 Å². The predicted molar refractivity (Wildman–Crippen MR) is 87.1 cm³/mol. The van der Waals surface area contributed by atoms with Gasteiger partial charge in [-0.25, -0.2) is 4.79 Å². The molecule has 1 aliphatic heterocycles. The summed E-state index contributed by atoms with van der Waals surface area (Å²) in [5, 5.41) is 2.79. The summed E-state index contributed by atoms with van der Waals surface area (Å²) in [6, 6.07) is -0.0514. The molecule has 1 aliphatic rings. The van der Waals surface area contributed by atoms with Gasteiger partial charge in [-0.05, 0) is 20.8 Å². The third-order valence-corrected chi connectivity index (χ3v) is 3.50. The van der Waals surface area contributed by atoms with Crippen molar-refractivity contribution in [2.24, 2.45) is 5.73 Å². The van der Waals surface area contributed by atoms with Crippen LogP contribution in [0.25, 0.3) is 0 Å². The van der Waals surface area contributed by atoms with Crippen molar-refractivity contribution in [2.75, 3.05) is 53.0 Å². The van der Waals surface area contributed by atoms with Gasteiger partial charge in [-0.2, -0.15) is 0 Å². The largest absolute Gasteiger partial charge is 0.444 e. The minimum atomic E-state index is -0.520. The fraction of sp³-hybridized carbons (Fsp3) is 0.867. The van der Waals surface area contributed by atoms with E-state index in [1.807, 2.05) is 25.7 Å². The maximum atomic E-state index is 12.1. The van der Waals surface area contributed by atoms with Gasteiger partial charge in [-0.1, -0.05) is 0 Å². The average Bonchev–Trinajstić information content (AvgIpc) is 2.46. The Balaban J connectivity index is 2.49. The summed E-state index contributed by atoms with van der Waals surface area (Å²) in [7, 11) is 1.59. The quantitative estimate of drug-likeness (QED) is 0.645. The first-order valence-electron chi connectivity index (χ1n) is 7.94. The van der Waals surface area contributed by atoms with Crippen LogP contribution in [0.15, 0.2) is 0 Å². The van der Waals surface area contributed by atoms with E-state index in [0.29, 0.717) is 39.3 Å². The first kappa shape index (κ1) is 19.7. The van der Waals surface area contributed by atoms with Gasteiger partial charge in [0.2, 0.25) is 5.91 Å². The van der Waals surface area contributed by atoms with Gasteiger partial charge in [-0.3, -0.25) is 9.69 Å². The lowest BCUT2D eigenvalue weighted by Gasteiger charge is -2.40. The summed E-state index contributed by atoms with van der Waals surface area (Å²) in [5.41, 5.74) is 5.29. The van der Waals surface area contributed by atoms with Crippen LogP contribution in [0.2, 0.25) is 0 Å². The van der Waals surface area contributed by atoms with Crippen LogP contribution < -0.4 is 11.1 Å². The molecule has 0 radical (unpaired) electrons. The van der Waals surface area contributed by atoms with E-state index in [0.717, 1.165) is 0 Å². The average molecular weight is 330 g/mol. The molecule has 1 saturated heterocycles. The number of hydrogen-bond donors (Lipinski definition) is 2. The Hall–Kier alpha value is -1.38. The first-order valence-corrected chi connectivity index (χ1v) is 7.94. The fourth-order valence-corrected chi connectivity index (χ4v) is 2.35. The van der Waals surface area contributed by atoms with Gasteiger partial charge in [0.05, 0.1) is 13.2 Å². The Labute approximate surface area is 138 Å². The zero-order valence-corrected chi connectivity index (χ0v) is 14.6. The van der Waals surface area contributed by atoms with Crippen LogP contribution in [0.1, 0.15) is 20.8 Å². The monoisotopic (exact) mass is 330 g/mol. The number of rotatable bonds is 6. The Morgan fingerprint density at radius 2 is 2.00 bits per heavy atom. The number of hydrogen-bond acceptors (Lipinski definition) is 6. The summed E-state index contributed by atoms with van der Waals surface area (Å²) >= 11 is 0. The maximum absolute atomic E-state index is 12.1. The minimum Gasteiger partial charge on any atom is -0.444 e. The number of ether oxygens (including phenoxy) is 2. The van der Waals surface area contributed by atoms with E-state index >= 15 is 0 Å². The van der Waals surface area contributed by atoms with Crippen LogP contribution in [0.3, 0.4) is 0 Å². The molecule has 0 saturated carbocycles. The number of methoxy groups -OCH3 is 1. The highest BCUT2D eigenvalue weighted by molar-refractivity contribution is 5.78. The molecule has 1 fully saturated rings. The number of amides is 2. The molecular formula is C15H30N4O4. The molecule has 1 atom stereocenters. The molecule has 0 aromatic heterocycles. The lowest BCUT2D eigenvalue weighted by Crippen LogP contribution is -2.59. The molecule has 23 heavy (non-hydrogen) atoms. The van der Waals surface area contributed by atoms with E-state index < -0.39 is 5.60 Å². The second-order valence-electron chi connectivity index (χ2n) is 6.63. The van der Waals surface area contributed by atoms with Crippen LogP contribution >= 0.6 is 0 Å². The molecule has 8 nitrogen and oxygen atoms in total. The lowest BCUT2D eigenvalue weighted by molar-refractivity contribution is -0.123. The predicted octanol–water partition coefficient (Wildman–Crippen LogP) is -0.371. The van der Waals surface area contributed by atoms with Crippen LogP contribution in [0.5, 0.6) is 0 Å². The van der Waals surface area contributed by atoms with E-state index in [4.69, 9.17) is 15.2 Å². The highest BCUT2D eigenvalue weighted by Gasteiger charge is 2.32. The zero-order chi connectivity index (χ0) is 17.5. The zero-order valence-electron chi connectivity index (χ0n) is 14.6. The number of nitrogens with zero attached hydrogens (tertiary/aromatic N) is 2. The third-order valence-electron chi connectivity index (χ3n) is 3.50. The molecule has 0 aliphatic carbocycles. The Morgan fingerprint density at radius 3 is 2.57 bits per heavy atom. The topological polar surface area (TPSA) is 97.1 Å².